The summed E-state index contributed by atoms with van der Waals surface area (Å²) in [6.07, 6.45) is 2.24. The van der Waals surface area contributed by atoms with E-state index >= 15 is 0 Å². The maximum Gasteiger partial charge on any atom is 0.472 e. The number of hydrogen-bond donors (Lipinski definition) is 0. The molecule has 1 heterocycles. The Balaban J connectivity index is 2.76. The fraction of sp³-hybridized carbons (Fsp3) is 0.600. The van der Waals surface area contributed by atoms with Crippen LogP contribution in [-0.2, 0) is 4.84 Å². The highest BCUT2D eigenvalue weighted by molar-refractivity contribution is 6.10. The van der Waals surface area contributed by atoms with Crippen molar-refractivity contribution in [2.75, 3.05) is 27.2 Å². The molecule has 1 saturated heterocycles. The lowest BCUT2D eigenvalue weighted by atomic mass is 10.4. The van der Waals surface area contributed by atoms with Gasteiger partial charge in [0.15, 0.2) is 0 Å². The van der Waals surface area contributed by atoms with Gasteiger partial charge in [0.05, 0.1) is 27.2 Å². The molecular formula is C10H14N5O+. The first-order valence-electron chi connectivity index (χ1n) is 5.03. The van der Waals surface area contributed by atoms with Gasteiger partial charge >= 0.3 is 6.02 Å². The van der Waals surface area contributed by atoms with E-state index in [2.05, 4.69) is 5.16 Å². The summed E-state index contributed by atoms with van der Waals surface area (Å²) < 4.78 is 1.78. The number of hydrogen-bond acceptors (Lipinski definition) is 4. The molecule has 1 aliphatic rings. The van der Waals surface area contributed by atoms with Gasteiger partial charge in [-0.05, 0) is 18.0 Å². The van der Waals surface area contributed by atoms with E-state index in [0.717, 1.165) is 25.9 Å². The predicted octanol–water partition coefficient (Wildman–Crippen LogP) is 0.130. The van der Waals surface area contributed by atoms with Gasteiger partial charge in [-0.3, -0.25) is 4.84 Å². The van der Waals surface area contributed by atoms with Crippen molar-refractivity contribution in [3.63, 3.8) is 0 Å². The van der Waals surface area contributed by atoms with Gasteiger partial charge in [-0.15, -0.1) is 0 Å². The second-order valence-electron chi connectivity index (χ2n) is 3.63. The zero-order valence-electron chi connectivity index (χ0n) is 9.47. The molecule has 0 spiro atoms. The fourth-order valence-corrected chi connectivity index (χ4v) is 1.48. The summed E-state index contributed by atoms with van der Waals surface area (Å²) in [5.74, 6) is 0. The minimum absolute atomic E-state index is 0.279. The molecule has 0 unspecified atom stereocenters. The van der Waals surface area contributed by atoms with Gasteiger partial charge in [-0.25, -0.2) is 9.48 Å². The third kappa shape index (κ3) is 2.96. The molecule has 0 radical (unpaired) electrons. The fourth-order valence-electron chi connectivity index (χ4n) is 1.48. The van der Waals surface area contributed by atoms with Crippen LogP contribution < -0.4 is 0 Å². The van der Waals surface area contributed by atoms with Crippen LogP contribution in [0.5, 0.6) is 0 Å². The largest absolute Gasteiger partial charge is 0.472 e. The molecule has 0 amide bonds. The number of oxime groups is 1. The van der Waals surface area contributed by atoms with E-state index in [0.29, 0.717) is 6.02 Å². The van der Waals surface area contributed by atoms with Gasteiger partial charge in [0.1, 0.15) is 12.1 Å². The van der Waals surface area contributed by atoms with Gasteiger partial charge in [0, 0.05) is 0 Å². The average molecular weight is 220 g/mol. The van der Waals surface area contributed by atoms with Gasteiger partial charge in [-0.1, -0.05) is 0 Å². The Morgan fingerprint density at radius 1 is 1.25 bits per heavy atom. The van der Waals surface area contributed by atoms with Crippen LogP contribution in [0, 0.1) is 22.7 Å². The normalized spacial score (nSPS) is 13.6. The highest BCUT2D eigenvalue weighted by Crippen LogP contribution is 2.08. The van der Waals surface area contributed by atoms with Crippen LogP contribution in [0.15, 0.2) is 5.16 Å². The molecule has 0 aromatic carbocycles. The van der Waals surface area contributed by atoms with Crippen molar-refractivity contribution in [3.8, 4) is 12.1 Å². The van der Waals surface area contributed by atoms with Gasteiger partial charge in [-0.2, -0.15) is 10.5 Å². The molecule has 0 aliphatic carbocycles. The molecule has 0 N–H and O–H groups in total. The summed E-state index contributed by atoms with van der Waals surface area (Å²) >= 11 is 0. The lowest BCUT2D eigenvalue weighted by Gasteiger charge is -2.10. The number of likely N-dealkylation sites (tertiary alicyclic amines) is 1. The molecule has 6 nitrogen and oxygen atoms in total. The van der Waals surface area contributed by atoms with Gasteiger partial charge < -0.3 is 0 Å². The number of rotatable bonds is 1. The molecule has 84 valence electrons. The van der Waals surface area contributed by atoms with Crippen LogP contribution in [0.3, 0.4) is 0 Å². The second-order valence-corrected chi connectivity index (χ2v) is 3.63. The Bertz CT molecular complexity index is 372. The van der Waals surface area contributed by atoms with Crippen molar-refractivity contribution in [2.45, 2.75) is 12.8 Å². The molecule has 1 aliphatic heterocycles. The Morgan fingerprint density at radius 3 is 2.25 bits per heavy atom. The van der Waals surface area contributed by atoms with Gasteiger partial charge in [0.2, 0.25) is 0 Å². The number of nitrogens with zero attached hydrogens (tertiary/aromatic N) is 5. The summed E-state index contributed by atoms with van der Waals surface area (Å²) in [6.45, 7) is 1.83. The molecule has 1 fully saturated rings. The van der Waals surface area contributed by atoms with E-state index in [1.165, 1.54) is 0 Å². The van der Waals surface area contributed by atoms with E-state index < -0.39 is 0 Å². The number of nitriles is 2. The van der Waals surface area contributed by atoms with Crippen LogP contribution in [0.2, 0.25) is 0 Å². The lowest BCUT2D eigenvalue weighted by molar-refractivity contribution is -0.481. The van der Waals surface area contributed by atoms with E-state index in [4.69, 9.17) is 15.4 Å². The monoisotopic (exact) mass is 220 g/mol. The summed E-state index contributed by atoms with van der Waals surface area (Å²) in [7, 11) is 3.67. The first-order chi connectivity index (χ1) is 7.69. The summed E-state index contributed by atoms with van der Waals surface area (Å²) in [5, 5.41) is 20.5. The van der Waals surface area contributed by atoms with Crippen LogP contribution in [0.4, 0.5) is 0 Å². The zero-order valence-corrected chi connectivity index (χ0v) is 9.47. The Kier molecular flexibility index (Phi) is 4.28. The summed E-state index contributed by atoms with van der Waals surface area (Å²) in [6, 6.07) is 3.87. The Morgan fingerprint density at radius 2 is 1.81 bits per heavy atom. The van der Waals surface area contributed by atoms with E-state index in [9.17, 15) is 0 Å². The van der Waals surface area contributed by atoms with Crippen LogP contribution in [-0.4, -0.2) is 48.4 Å². The molecule has 0 bridgehead atoms. The third-order valence-electron chi connectivity index (χ3n) is 2.19. The predicted molar refractivity (Wildman–Crippen MR) is 57.7 cm³/mol. The maximum atomic E-state index is 8.52. The van der Waals surface area contributed by atoms with Crippen LogP contribution >= 0.6 is 0 Å². The second kappa shape index (κ2) is 5.72. The molecule has 6 heteroatoms. The quantitative estimate of drug-likeness (QED) is 0.272. The van der Waals surface area contributed by atoms with Crippen LogP contribution in [0.25, 0.3) is 0 Å². The van der Waals surface area contributed by atoms with E-state index in [-0.39, 0.29) is 5.71 Å². The highest BCUT2D eigenvalue weighted by atomic mass is 16.6. The smallest absolute Gasteiger partial charge is 0.277 e. The highest BCUT2D eigenvalue weighted by Gasteiger charge is 2.27. The Labute approximate surface area is 94.6 Å². The summed E-state index contributed by atoms with van der Waals surface area (Å²) in [4.78, 5) is 7.18. The first kappa shape index (κ1) is 12.0. The molecular weight excluding hydrogens is 206 g/mol. The van der Waals surface area contributed by atoms with Crippen LogP contribution in [0.1, 0.15) is 12.8 Å². The van der Waals surface area contributed by atoms with Crippen molar-refractivity contribution in [1.82, 2.24) is 4.90 Å². The lowest BCUT2D eigenvalue weighted by Crippen LogP contribution is -2.35. The summed E-state index contributed by atoms with van der Waals surface area (Å²) in [5.41, 5.74) is -0.279. The average Bonchev–Trinajstić information content (AvgIpc) is 2.77. The maximum absolute atomic E-state index is 8.52. The third-order valence-corrected chi connectivity index (χ3v) is 2.19. The van der Waals surface area contributed by atoms with Crippen molar-refractivity contribution < 1.29 is 9.41 Å². The zero-order chi connectivity index (χ0) is 12.0. The number of amidine groups is 1. The topological polar surface area (TPSA) is 75.4 Å². The molecule has 0 aromatic heterocycles. The molecule has 1 rings (SSSR count). The molecule has 0 atom stereocenters. The van der Waals surface area contributed by atoms with E-state index in [1.807, 2.05) is 19.0 Å². The SMILES string of the molecule is C[N+](C)=C(ON=C(C#N)C#N)N1CCCC1. The first-order valence-corrected chi connectivity index (χ1v) is 5.03. The van der Waals surface area contributed by atoms with E-state index in [1.54, 1.807) is 16.7 Å². The van der Waals surface area contributed by atoms with Crippen molar-refractivity contribution in [3.05, 3.63) is 0 Å². The molecule has 0 aromatic rings. The molecule has 16 heavy (non-hydrogen) atoms. The van der Waals surface area contributed by atoms with Crippen molar-refractivity contribution in [2.24, 2.45) is 5.16 Å². The minimum Gasteiger partial charge on any atom is -0.277 e. The molecule has 0 saturated carbocycles. The standard InChI is InChI=1S/C10H14N5O/c1-14(2)10(15-5-3-4-6-15)16-13-9(7-11)8-12/h3-6H2,1-2H3/q+1. The van der Waals surface area contributed by atoms with Crippen molar-refractivity contribution in [1.29, 1.82) is 10.5 Å². The van der Waals surface area contributed by atoms with Crippen molar-refractivity contribution >= 4 is 11.7 Å². The minimum atomic E-state index is -0.279. The Hall–Kier alpha value is -2.08. The van der Waals surface area contributed by atoms with Gasteiger partial charge in [0.25, 0.3) is 5.71 Å².